The summed E-state index contributed by atoms with van der Waals surface area (Å²) < 4.78 is 2.53. The van der Waals surface area contributed by atoms with Gasteiger partial charge in [0, 0.05) is 12.5 Å². The third kappa shape index (κ3) is 1.99. The van der Waals surface area contributed by atoms with Crippen LogP contribution in [-0.2, 0) is 0 Å². The maximum atomic E-state index is 11.5. The fourth-order valence-corrected chi connectivity index (χ4v) is 1.66. The first-order chi connectivity index (χ1) is 6.07. The van der Waals surface area contributed by atoms with E-state index in [1.807, 2.05) is 20.8 Å². The largest absolute Gasteiger partial charge is 0.292 e. The average Bonchev–Trinajstić information content (AvgIpc) is 2.46. The Bertz CT molecular complexity index is 317. The van der Waals surface area contributed by atoms with Gasteiger partial charge in [0.2, 0.25) is 0 Å². The molecule has 0 bridgehead atoms. The van der Waals surface area contributed by atoms with Crippen molar-refractivity contribution in [2.75, 3.05) is 0 Å². The topological polar surface area (TPSA) is 34.9 Å². The fourth-order valence-electron chi connectivity index (χ4n) is 1.16. The van der Waals surface area contributed by atoms with E-state index in [4.69, 9.17) is 0 Å². The Labute approximate surface area is 86.3 Å². The zero-order valence-electron chi connectivity index (χ0n) is 8.04. The average molecular weight is 245 g/mol. The van der Waals surface area contributed by atoms with Gasteiger partial charge < -0.3 is 0 Å². The van der Waals surface area contributed by atoms with Crippen LogP contribution in [0.15, 0.2) is 10.7 Å². The number of carbonyl (C=O) groups is 1. The lowest BCUT2D eigenvalue weighted by Crippen LogP contribution is -2.12. The molecule has 72 valence electrons. The minimum Gasteiger partial charge on any atom is -0.292 e. The minimum atomic E-state index is 0.123. The number of rotatable bonds is 3. The summed E-state index contributed by atoms with van der Waals surface area (Å²) in [5.74, 6) is 0.123. The third-order valence-electron chi connectivity index (χ3n) is 1.83. The summed E-state index contributed by atoms with van der Waals surface area (Å²) in [4.78, 5) is 11.5. The second kappa shape index (κ2) is 4.05. The third-order valence-corrected chi connectivity index (χ3v) is 2.41. The molecule has 1 heterocycles. The fraction of sp³-hybridized carbons (Fsp3) is 0.556. The van der Waals surface area contributed by atoms with Gasteiger partial charge in [0.05, 0.1) is 10.7 Å². The van der Waals surface area contributed by atoms with Crippen molar-refractivity contribution in [3.05, 3.63) is 16.4 Å². The molecule has 0 aliphatic rings. The Morgan fingerprint density at radius 1 is 1.69 bits per heavy atom. The van der Waals surface area contributed by atoms with Crippen molar-refractivity contribution in [3.63, 3.8) is 0 Å². The molecule has 0 spiro atoms. The highest BCUT2D eigenvalue weighted by atomic mass is 79.9. The van der Waals surface area contributed by atoms with E-state index in [0.29, 0.717) is 12.1 Å². The number of hydrogen-bond donors (Lipinski definition) is 0. The number of carbonyl (C=O) groups excluding carboxylic acids is 1. The molecule has 0 atom stereocenters. The Morgan fingerprint density at radius 3 is 2.77 bits per heavy atom. The van der Waals surface area contributed by atoms with E-state index < -0.39 is 0 Å². The molecule has 0 unspecified atom stereocenters. The smallest absolute Gasteiger partial charge is 0.181 e. The molecule has 0 N–H and O–H groups in total. The Balaban J connectivity index is 3.16. The first kappa shape index (κ1) is 10.4. The standard InChI is InChI=1S/C9H13BrN2O/c1-4-8(13)9-7(10)5-11-12(9)6(2)3/h5-6H,4H2,1-3H3. The summed E-state index contributed by atoms with van der Waals surface area (Å²) in [6.45, 7) is 5.87. The molecule has 3 nitrogen and oxygen atoms in total. The van der Waals surface area contributed by atoms with Crippen molar-refractivity contribution in [1.82, 2.24) is 9.78 Å². The van der Waals surface area contributed by atoms with Gasteiger partial charge in [-0.2, -0.15) is 5.10 Å². The summed E-state index contributed by atoms with van der Waals surface area (Å²) in [5, 5.41) is 4.13. The number of hydrogen-bond acceptors (Lipinski definition) is 2. The maximum Gasteiger partial charge on any atom is 0.181 e. The summed E-state index contributed by atoms with van der Waals surface area (Å²) in [7, 11) is 0. The van der Waals surface area contributed by atoms with E-state index in [-0.39, 0.29) is 11.8 Å². The Kier molecular flexibility index (Phi) is 3.25. The molecule has 0 aromatic carbocycles. The Morgan fingerprint density at radius 2 is 2.31 bits per heavy atom. The van der Waals surface area contributed by atoms with Crippen LogP contribution in [0.1, 0.15) is 43.7 Å². The van der Waals surface area contributed by atoms with Gasteiger partial charge >= 0.3 is 0 Å². The van der Waals surface area contributed by atoms with Crippen LogP contribution in [0.4, 0.5) is 0 Å². The molecule has 1 aromatic rings. The predicted octanol–water partition coefficient (Wildman–Crippen LogP) is 2.82. The lowest BCUT2D eigenvalue weighted by molar-refractivity contribution is 0.0975. The zero-order chi connectivity index (χ0) is 10.0. The lowest BCUT2D eigenvalue weighted by atomic mass is 10.2. The van der Waals surface area contributed by atoms with Crippen LogP contribution < -0.4 is 0 Å². The molecule has 0 saturated carbocycles. The van der Waals surface area contributed by atoms with Crippen LogP contribution in [-0.4, -0.2) is 15.6 Å². The molecule has 1 aromatic heterocycles. The van der Waals surface area contributed by atoms with Crippen molar-refractivity contribution in [2.24, 2.45) is 0 Å². The van der Waals surface area contributed by atoms with Gasteiger partial charge in [0.25, 0.3) is 0 Å². The summed E-state index contributed by atoms with van der Waals surface area (Å²) in [6.07, 6.45) is 2.18. The van der Waals surface area contributed by atoms with Crippen LogP contribution in [0.2, 0.25) is 0 Å². The highest BCUT2D eigenvalue weighted by molar-refractivity contribution is 9.10. The van der Waals surface area contributed by atoms with Crippen molar-refractivity contribution >= 4 is 21.7 Å². The second-order valence-corrected chi connectivity index (χ2v) is 4.01. The monoisotopic (exact) mass is 244 g/mol. The molecular weight excluding hydrogens is 232 g/mol. The van der Waals surface area contributed by atoms with Gasteiger partial charge in [0.1, 0.15) is 5.69 Å². The summed E-state index contributed by atoms with van der Waals surface area (Å²) in [6, 6.07) is 0.219. The highest BCUT2D eigenvalue weighted by Crippen LogP contribution is 2.20. The number of Topliss-reactive ketones (excluding diaryl/α,β-unsaturated/α-hetero) is 1. The van der Waals surface area contributed by atoms with Crippen LogP contribution in [0.3, 0.4) is 0 Å². The van der Waals surface area contributed by atoms with Gasteiger partial charge in [-0.1, -0.05) is 6.92 Å². The van der Waals surface area contributed by atoms with E-state index >= 15 is 0 Å². The summed E-state index contributed by atoms with van der Waals surface area (Å²) >= 11 is 3.32. The van der Waals surface area contributed by atoms with Crippen LogP contribution in [0.5, 0.6) is 0 Å². The molecule has 0 aliphatic carbocycles. The molecule has 1 rings (SSSR count). The van der Waals surface area contributed by atoms with Gasteiger partial charge in [-0.15, -0.1) is 0 Å². The minimum absolute atomic E-state index is 0.123. The van der Waals surface area contributed by atoms with E-state index in [0.717, 1.165) is 4.47 Å². The van der Waals surface area contributed by atoms with Gasteiger partial charge in [-0.05, 0) is 29.8 Å². The van der Waals surface area contributed by atoms with Crippen molar-refractivity contribution in [2.45, 2.75) is 33.2 Å². The first-order valence-corrected chi connectivity index (χ1v) is 5.13. The summed E-state index contributed by atoms with van der Waals surface area (Å²) in [5.41, 5.74) is 0.678. The van der Waals surface area contributed by atoms with E-state index in [2.05, 4.69) is 21.0 Å². The number of ketones is 1. The Hall–Kier alpha value is -0.640. The predicted molar refractivity (Wildman–Crippen MR) is 54.9 cm³/mol. The quantitative estimate of drug-likeness (QED) is 0.767. The van der Waals surface area contributed by atoms with Crippen LogP contribution in [0, 0.1) is 0 Å². The molecule has 0 fully saturated rings. The molecule has 4 heteroatoms. The SMILES string of the molecule is CCC(=O)c1c(Br)cnn1C(C)C. The molecule has 0 amide bonds. The van der Waals surface area contributed by atoms with Gasteiger partial charge in [-0.3, -0.25) is 9.48 Å². The molecule has 0 saturated heterocycles. The zero-order valence-corrected chi connectivity index (χ0v) is 9.63. The number of aromatic nitrogens is 2. The van der Waals surface area contributed by atoms with Crippen molar-refractivity contribution in [1.29, 1.82) is 0 Å². The van der Waals surface area contributed by atoms with Crippen LogP contribution >= 0.6 is 15.9 Å². The van der Waals surface area contributed by atoms with Crippen LogP contribution in [0.25, 0.3) is 0 Å². The highest BCUT2D eigenvalue weighted by Gasteiger charge is 2.16. The maximum absolute atomic E-state index is 11.5. The van der Waals surface area contributed by atoms with E-state index in [1.54, 1.807) is 10.9 Å². The van der Waals surface area contributed by atoms with Gasteiger partial charge in [0.15, 0.2) is 5.78 Å². The molecular formula is C9H13BrN2O. The van der Waals surface area contributed by atoms with Crippen molar-refractivity contribution in [3.8, 4) is 0 Å². The van der Waals surface area contributed by atoms with E-state index in [1.165, 1.54) is 0 Å². The second-order valence-electron chi connectivity index (χ2n) is 3.16. The molecule has 13 heavy (non-hydrogen) atoms. The van der Waals surface area contributed by atoms with E-state index in [9.17, 15) is 4.79 Å². The van der Waals surface area contributed by atoms with Crippen molar-refractivity contribution < 1.29 is 4.79 Å². The lowest BCUT2D eigenvalue weighted by Gasteiger charge is -2.09. The normalized spacial score (nSPS) is 10.8. The molecule has 0 aliphatic heterocycles. The number of halogens is 1. The first-order valence-electron chi connectivity index (χ1n) is 4.34. The number of nitrogens with zero attached hydrogens (tertiary/aromatic N) is 2. The van der Waals surface area contributed by atoms with Gasteiger partial charge in [-0.25, -0.2) is 0 Å². The molecule has 0 radical (unpaired) electrons.